The molecule has 2 N–H and O–H groups in total. The van der Waals surface area contributed by atoms with Gasteiger partial charge in [-0.25, -0.2) is 0 Å². The zero-order chi connectivity index (χ0) is 56.8. The van der Waals surface area contributed by atoms with E-state index in [1.54, 1.807) is 11.9 Å². The quantitative estimate of drug-likeness (QED) is 0.0682. The van der Waals surface area contributed by atoms with Crippen LogP contribution in [-0.2, 0) is 11.3 Å². The first-order chi connectivity index (χ1) is 33.1. The molecule has 17 nitrogen and oxygen atoms in total. The third-order valence-corrected chi connectivity index (χ3v) is 9.84. The van der Waals surface area contributed by atoms with Crippen LogP contribution in [0.2, 0.25) is 0 Å². The minimum atomic E-state index is 0.129. The molecule has 0 amide bonds. The summed E-state index contributed by atoms with van der Waals surface area (Å²) in [5.74, 6) is 0. The Bertz CT molecular complexity index is 1060. The Labute approximate surface area is 445 Å². The molecule has 0 unspecified atom stereocenters. The fraction of sp³-hybridized carbons (Fsp3) is 0.852. The van der Waals surface area contributed by atoms with Crippen molar-refractivity contribution in [2.45, 2.75) is 34.2 Å². The zero-order valence-electron chi connectivity index (χ0n) is 52.2. The van der Waals surface area contributed by atoms with E-state index in [0.717, 1.165) is 90.4 Å². The van der Waals surface area contributed by atoms with E-state index in [4.69, 9.17) is 15.1 Å². The van der Waals surface area contributed by atoms with Crippen molar-refractivity contribution in [2.24, 2.45) is 0 Å². The maximum Gasteiger partial charge on any atom is 0.0749 e. The summed E-state index contributed by atoms with van der Waals surface area (Å²) in [4.78, 5) is 28.5. The number of rotatable bonds is 24. The Morgan fingerprint density at radius 1 is 0.451 bits per heavy atom. The van der Waals surface area contributed by atoms with Crippen LogP contribution in [0.4, 0.5) is 0 Å². The number of likely N-dealkylation sites (N-methyl/N-ethyl adjacent to an activating group) is 8. The Balaban J connectivity index is -0.000000134. The van der Waals surface area contributed by atoms with E-state index in [9.17, 15) is 0 Å². The first-order valence-corrected chi connectivity index (χ1v) is 25.9. The number of hydrogen-bond donors (Lipinski definition) is 2. The van der Waals surface area contributed by atoms with Crippen LogP contribution in [0.25, 0.3) is 0 Å². The maximum atomic E-state index is 8.66. The molecular weight excluding hydrogens is 893 g/mol. The topological polar surface area (TPSA) is 95.0 Å². The van der Waals surface area contributed by atoms with Crippen LogP contribution in [-0.4, -0.2) is 358 Å². The Kier molecular flexibility index (Phi) is 73.4. The zero-order valence-corrected chi connectivity index (χ0v) is 52.2. The van der Waals surface area contributed by atoms with Crippen molar-refractivity contribution in [1.82, 2.24) is 68.8 Å². The van der Waals surface area contributed by atoms with Crippen molar-refractivity contribution in [3.05, 3.63) is 49.1 Å². The van der Waals surface area contributed by atoms with Gasteiger partial charge in [0.2, 0.25) is 0 Å². The second-order valence-corrected chi connectivity index (χ2v) is 19.9. The third kappa shape index (κ3) is 91.4. The summed E-state index contributed by atoms with van der Waals surface area (Å²) >= 11 is 0. The second kappa shape index (κ2) is 62.6. The van der Waals surface area contributed by atoms with E-state index in [-0.39, 0.29) is 6.61 Å². The van der Waals surface area contributed by atoms with Crippen LogP contribution in [0.3, 0.4) is 0 Å². The SMILES string of the molecule is C=C.CCN(C)C.CCN(C)CCN(C)CCN(C)C.CCN(C)CCOCCN(C)CC.CN(C)C.CN(C)CN(C)C.CN(C)Cc1ccccc1.CN(O)CN(C)CCO.CN1CCN(C)CC1. The van der Waals surface area contributed by atoms with Crippen LogP contribution in [0.1, 0.15) is 33.3 Å². The fourth-order valence-electron chi connectivity index (χ4n) is 4.85. The predicted molar refractivity (Wildman–Crippen MR) is 317 cm³/mol. The van der Waals surface area contributed by atoms with Crippen molar-refractivity contribution < 1.29 is 15.1 Å². The predicted octanol–water partition coefficient (Wildman–Crippen LogP) is 3.75. The molecule has 0 bridgehead atoms. The number of piperazine rings is 1. The summed E-state index contributed by atoms with van der Waals surface area (Å²) in [6.45, 7) is 35.7. The standard InChI is InChI=1S/C10H25N3.C10H24N2O.C9H13N.C6H14N2.C5H14N2O2.C5H14N2.C4H11N.C3H9N.C2H4/c1-6-12(4)9-10-13(5)8-7-11(2)3;1-5-11(3)7-9-13-10-8-12(4)6-2;1-10(2)8-9-6-4-3-5-7-9;1-7-3-5-8(2)6-4-7;1-6(3-4-8)5-7(2)9;1-6(2)5-7(3)4;1-4-5(2)3;1-4(2)3;1-2/h6-10H2,1-5H3;5-10H2,1-4H3;3-7H,8H2,1-2H3;3-6H2,1-2H3;8-9H,3-5H2,1-2H3;5H2,1-4H3;4H2,1-3H3;1-3H3;1-2H2. The van der Waals surface area contributed by atoms with Crippen LogP contribution in [0.5, 0.6) is 0 Å². The molecule has 17 heteroatoms. The van der Waals surface area contributed by atoms with Gasteiger partial charge in [-0.3, -0.25) is 14.7 Å². The highest BCUT2D eigenvalue weighted by atomic mass is 16.5. The molecule has 0 radical (unpaired) electrons. The Hall–Kier alpha value is -1.72. The molecule has 1 aliphatic rings. The summed E-state index contributed by atoms with van der Waals surface area (Å²) in [6, 6.07) is 10.5. The Morgan fingerprint density at radius 3 is 1.08 bits per heavy atom. The first kappa shape index (κ1) is 83.3. The third-order valence-electron chi connectivity index (χ3n) is 9.84. The van der Waals surface area contributed by atoms with Crippen molar-refractivity contribution >= 4 is 0 Å². The number of hydrogen-bond acceptors (Lipinski definition) is 17. The summed E-state index contributed by atoms with van der Waals surface area (Å²) in [5.41, 5.74) is 1.37. The Morgan fingerprint density at radius 2 is 0.803 bits per heavy atom. The molecule has 0 spiro atoms. The van der Waals surface area contributed by atoms with Gasteiger partial charge >= 0.3 is 0 Å². The van der Waals surface area contributed by atoms with Crippen LogP contribution in [0.15, 0.2) is 43.5 Å². The monoisotopic (exact) mass is 1020 g/mol. The summed E-state index contributed by atoms with van der Waals surface area (Å²) in [5, 5.41) is 18.1. The second-order valence-electron chi connectivity index (χ2n) is 19.9. The van der Waals surface area contributed by atoms with E-state index in [1.165, 1.54) is 38.3 Å². The van der Waals surface area contributed by atoms with E-state index in [0.29, 0.717) is 13.2 Å². The van der Waals surface area contributed by atoms with Gasteiger partial charge in [-0.2, -0.15) is 5.06 Å². The lowest BCUT2D eigenvalue weighted by atomic mass is 10.2. The molecule has 0 aliphatic carbocycles. The highest BCUT2D eigenvalue weighted by Gasteiger charge is 2.08. The van der Waals surface area contributed by atoms with Gasteiger partial charge in [0.15, 0.2) is 0 Å². The number of aliphatic hydroxyl groups is 1. The number of aliphatic hydroxyl groups excluding tert-OH is 1. The molecule has 1 fully saturated rings. The van der Waals surface area contributed by atoms with Gasteiger partial charge in [0.05, 0.1) is 26.5 Å². The van der Waals surface area contributed by atoms with E-state index < -0.39 is 0 Å². The fourth-order valence-corrected chi connectivity index (χ4v) is 4.85. The van der Waals surface area contributed by atoms with Gasteiger partial charge in [-0.1, -0.05) is 58.0 Å². The molecule has 1 heterocycles. The molecular formula is C54H128N14O3. The molecule has 2 rings (SSSR count). The van der Waals surface area contributed by atoms with Crippen LogP contribution in [0, 0.1) is 0 Å². The average Bonchev–Trinajstić information content (AvgIpc) is 3.29. The van der Waals surface area contributed by atoms with E-state index >= 15 is 0 Å². The molecule has 432 valence electrons. The minimum absolute atomic E-state index is 0.129. The van der Waals surface area contributed by atoms with Gasteiger partial charge in [0.25, 0.3) is 0 Å². The maximum absolute atomic E-state index is 8.66. The summed E-state index contributed by atoms with van der Waals surface area (Å²) < 4.78 is 5.50. The highest BCUT2D eigenvalue weighted by molar-refractivity contribution is 5.14. The smallest absolute Gasteiger partial charge is 0.0749 e. The minimum Gasteiger partial charge on any atom is -0.395 e. The first-order valence-electron chi connectivity index (χ1n) is 25.9. The number of hydroxylamine groups is 2. The molecule has 1 aliphatic heterocycles. The lowest BCUT2D eigenvalue weighted by Gasteiger charge is -2.28. The number of benzene rings is 1. The molecule has 0 saturated carbocycles. The normalized spacial score (nSPS) is 12.5. The highest BCUT2D eigenvalue weighted by Crippen LogP contribution is 2.00. The van der Waals surface area contributed by atoms with Gasteiger partial charge in [-0.15, -0.1) is 13.2 Å². The van der Waals surface area contributed by atoms with Crippen molar-refractivity contribution in [3.8, 4) is 0 Å². The van der Waals surface area contributed by atoms with Crippen molar-refractivity contribution in [3.63, 3.8) is 0 Å². The van der Waals surface area contributed by atoms with Crippen molar-refractivity contribution in [2.75, 3.05) is 279 Å². The van der Waals surface area contributed by atoms with Crippen molar-refractivity contribution in [1.29, 1.82) is 0 Å². The van der Waals surface area contributed by atoms with Crippen LogP contribution < -0.4 is 0 Å². The molecule has 1 aromatic rings. The largest absolute Gasteiger partial charge is 0.395 e. The van der Waals surface area contributed by atoms with E-state index in [1.807, 2.05) is 39.2 Å². The average molecular weight is 1020 g/mol. The van der Waals surface area contributed by atoms with Gasteiger partial charge < -0.3 is 64.0 Å². The van der Waals surface area contributed by atoms with E-state index in [2.05, 4.69) is 232 Å². The molecule has 0 aromatic heterocycles. The van der Waals surface area contributed by atoms with Gasteiger partial charge in [-0.05, 0) is 173 Å². The lowest BCUT2D eigenvalue weighted by Crippen LogP contribution is -2.42. The lowest BCUT2D eigenvalue weighted by molar-refractivity contribution is -0.0983. The summed E-state index contributed by atoms with van der Waals surface area (Å²) in [6.07, 6.45) is 0. The van der Waals surface area contributed by atoms with Crippen LogP contribution >= 0.6 is 0 Å². The summed E-state index contributed by atoms with van der Waals surface area (Å²) in [7, 11) is 43.0. The van der Waals surface area contributed by atoms with Gasteiger partial charge in [0, 0.05) is 92.3 Å². The molecule has 1 aromatic carbocycles. The van der Waals surface area contributed by atoms with Gasteiger partial charge in [0.1, 0.15) is 0 Å². The molecule has 71 heavy (non-hydrogen) atoms. The molecule has 1 saturated heterocycles. The number of nitrogens with zero attached hydrogens (tertiary/aromatic N) is 14. The molecule has 0 atom stereocenters. The number of ether oxygens (including phenoxy) is 1.